The van der Waals surface area contributed by atoms with Crippen molar-refractivity contribution in [1.29, 1.82) is 0 Å². The minimum Gasteiger partial charge on any atom is -0.423 e. The lowest BCUT2D eigenvalue weighted by molar-refractivity contribution is 0.559. The average molecular weight is 458 g/mol. The number of hydrogen-bond acceptors (Lipinski definition) is 5. The third-order valence-electron chi connectivity index (χ3n) is 4.34. The lowest BCUT2D eigenvalue weighted by atomic mass is 10.1. The maximum Gasteiger partial charge on any atom is 0.343 e. The highest BCUT2D eigenvalue weighted by Gasteiger charge is 2.12. The van der Waals surface area contributed by atoms with Gasteiger partial charge in [0.2, 0.25) is 0 Å². The normalized spacial score (nSPS) is 11.2. The SMILES string of the molecule is O=c1cc(CSc2n[nH]c(=O)n2CCc2ccccc2)c2ccc(Br)cc2o1. The summed E-state index contributed by atoms with van der Waals surface area (Å²) >= 11 is 4.80. The number of nitrogens with one attached hydrogen (secondary N) is 1. The number of thioether (sulfide) groups is 1. The third kappa shape index (κ3) is 4.13. The first-order valence-electron chi connectivity index (χ1n) is 8.64. The van der Waals surface area contributed by atoms with Crippen molar-refractivity contribution >= 4 is 38.7 Å². The predicted octanol–water partition coefficient (Wildman–Crippen LogP) is 3.98. The number of hydrogen-bond donors (Lipinski definition) is 1. The molecule has 0 spiro atoms. The maximum absolute atomic E-state index is 12.1. The summed E-state index contributed by atoms with van der Waals surface area (Å²) < 4.78 is 7.75. The second kappa shape index (κ2) is 8.20. The zero-order valence-electron chi connectivity index (χ0n) is 14.7. The fourth-order valence-corrected chi connectivity index (χ4v) is 4.27. The molecule has 0 aliphatic rings. The van der Waals surface area contributed by atoms with Gasteiger partial charge in [-0.1, -0.05) is 58.0 Å². The Hall–Kier alpha value is -2.58. The van der Waals surface area contributed by atoms with Crippen LogP contribution < -0.4 is 11.3 Å². The van der Waals surface area contributed by atoms with Gasteiger partial charge in [0.15, 0.2) is 5.16 Å². The van der Waals surface area contributed by atoms with Gasteiger partial charge in [-0.05, 0) is 35.7 Å². The van der Waals surface area contributed by atoms with Gasteiger partial charge in [0.25, 0.3) is 0 Å². The van der Waals surface area contributed by atoms with Crippen LogP contribution in [0.4, 0.5) is 0 Å². The molecule has 4 aromatic rings. The van der Waals surface area contributed by atoms with Crippen molar-refractivity contribution in [3.63, 3.8) is 0 Å². The van der Waals surface area contributed by atoms with Crippen LogP contribution in [0.3, 0.4) is 0 Å². The van der Waals surface area contributed by atoms with Crippen molar-refractivity contribution in [2.75, 3.05) is 0 Å². The number of fused-ring (bicyclic) bond motifs is 1. The summed E-state index contributed by atoms with van der Waals surface area (Å²) in [5.74, 6) is 0.499. The molecule has 1 N–H and O–H groups in total. The Morgan fingerprint density at radius 1 is 1.11 bits per heavy atom. The molecule has 28 heavy (non-hydrogen) atoms. The molecule has 0 saturated heterocycles. The van der Waals surface area contributed by atoms with E-state index in [2.05, 4.69) is 26.1 Å². The van der Waals surface area contributed by atoms with Crippen LogP contribution >= 0.6 is 27.7 Å². The van der Waals surface area contributed by atoms with E-state index in [1.165, 1.54) is 17.8 Å². The Bertz CT molecular complexity index is 1230. The molecule has 0 radical (unpaired) electrons. The van der Waals surface area contributed by atoms with Gasteiger partial charge >= 0.3 is 11.3 Å². The molecule has 0 fully saturated rings. The second-order valence-corrected chi connectivity index (χ2v) is 8.08. The van der Waals surface area contributed by atoms with Gasteiger partial charge in [-0.3, -0.25) is 4.57 Å². The van der Waals surface area contributed by atoms with Crippen molar-refractivity contribution in [1.82, 2.24) is 14.8 Å². The van der Waals surface area contributed by atoms with Crippen LogP contribution in [0.25, 0.3) is 11.0 Å². The third-order valence-corrected chi connectivity index (χ3v) is 5.86. The van der Waals surface area contributed by atoms with Crippen molar-refractivity contribution in [3.8, 4) is 0 Å². The van der Waals surface area contributed by atoms with Crippen LogP contribution in [0.15, 0.2) is 78.2 Å². The number of benzene rings is 2. The van der Waals surface area contributed by atoms with Gasteiger partial charge in [0, 0.05) is 28.2 Å². The number of aryl methyl sites for hydroxylation is 1. The molecule has 2 aromatic heterocycles. The number of H-pyrrole nitrogens is 1. The summed E-state index contributed by atoms with van der Waals surface area (Å²) in [6, 6.07) is 17.1. The van der Waals surface area contributed by atoms with E-state index in [9.17, 15) is 9.59 Å². The first-order chi connectivity index (χ1) is 13.6. The van der Waals surface area contributed by atoms with E-state index in [0.29, 0.717) is 23.0 Å². The van der Waals surface area contributed by atoms with Crippen molar-refractivity contribution in [3.05, 3.63) is 91.1 Å². The molecule has 4 rings (SSSR count). The molecular formula is C20H16BrN3O3S. The summed E-state index contributed by atoms with van der Waals surface area (Å²) in [6.45, 7) is 0.534. The van der Waals surface area contributed by atoms with Crippen LogP contribution in [0.1, 0.15) is 11.1 Å². The van der Waals surface area contributed by atoms with Crippen molar-refractivity contribution in [2.24, 2.45) is 0 Å². The largest absolute Gasteiger partial charge is 0.423 e. The predicted molar refractivity (Wildman–Crippen MR) is 113 cm³/mol. The quantitative estimate of drug-likeness (QED) is 0.349. The zero-order valence-corrected chi connectivity index (χ0v) is 17.1. The molecule has 0 aliphatic heterocycles. The van der Waals surface area contributed by atoms with Gasteiger partial charge in [-0.25, -0.2) is 14.7 Å². The van der Waals surface area contributed by atoms with E-state index in [1.807, 2.05) is 42.5 Å². The average Bonchev–Trinajstić information content (AvgIpc) is 3.04. The topological polar surface area (TPSA) is 80.9 Å². The minimum absolute atomic E-state index is 0.236. The molecule has 0 saturated carbocycles. The van der Waals surface area contributed by atoms with E-state index >= 15 is 0 Å². The Kier molecular flexibility index (Phi) is 5.50. The van der Waals surface area contributed by atoms with Crippen LogP contribution in [0.5, 0.6) is 0 Å². The van der Waals surface area contributed by atoms with Crippen molar-refractivity contribution in [2.45, 2.75) is 23.9 Å². The summed E-state index contributed by atoms with van der Waals surface area (Å²) in [6.07, 6.45) is 0.736. The number of halogens is 1. The Labute approximate surface area is 172 Å². The smallest absolute Gasteiger partial charge is 0.343 e. The van der Waals surface area contributed by atoms with E-state index in [0.717, 1.165) is 27.4 Å². The van der Waals surface area contributed by atoms with E-state index in [4.69, 9.17) is 4.42 Å². The molecule has 8 heteroatoms. The first kappa shape index (κ1) is 18.8. The Morgan fingerprint density at radius 2 is 1.93 bits per heavy atom. The van der Waals surface area contributed by atoms with Gasteiger partial charge in [-0.2, -0.15) is 0 Å². The lowest BCUT2D eigenvalue weighted by Gasteiger charge is -2.07. The molecule has 2 heterocycles. The summed E-state index contributed by atoms with van der Waals surface area (Å²) in [5, 5.41) is 8.12. The second-order valence-electron chi connectivity index (χ2n) is 6.22. The Morgan fingerprint density at radius 3 is 2.75 bits per heavy atom. The van der Waals surface area contributed by atoms with E-state index < -0.39 is 5.63 Å². The summed E-state index contributed by atoms with van der Waals surface area (Å²) in [4.78, 5) is 24.0. The highest BCUT2D eigenvalue weighted by Crippen LogP contribution is 2.26. The number of aromatic nitrogens is 3. The minimum atomic E-state index is -0.398. The monoisotopic (exact) mass is 457 g/mol. The molecule has 0 unspecified atom stereocenters. The van der Waals surface area contributed by atoms with Crippen LogP contribution in [0, 0.1) is 0 Å². The lowest BCUT2D eigenvalue weighted by Crippen LogP contribution is -2.18. The van der Waals surface area contributed by atoms with Gasteiger partial charge in [0.05, 0.1) is 0 Å². The fourth-order valence-electron chi connectivity index (χ4n) is 2.96. The molecule has 0 atom stereocenters. The first-order valence-corrected chi connectivity index (χ1v) is 10.4. The summed E-state index contributed by atoms with van der Waals surface area (Å²) in [7, 11) is 0. The molecule has 0 aliphatic carbocycles. The standard InChI is InChI=1S/C20H16BrN3O3S/c21-15-6-7-16-14(10-18(25)27-17(16)11-15)12-28-20-23-22-19(26)24(20)9-8-13-4-2-1-3-5-13/h1-7,10-11H,8-9,12H2,(H,22,26). The highest BCUT2D eigenvalue weighted by molar-refractivity contribution is 9.10. The van der Waals surface area contributed by atoms with Crippen molar-refractivity contribution < 1.29 is 4.42 Å². The van der Waals surface area contributed by atoms with Crippen LogP contribution in [0.2, 0.25) is 0 Å². The Balaban J connectivity index is 1.55. The molecule has 0 bridgehead atoms. The molecule has 0 amide bonds. The molecular weight excluding hydrogens is 442 g/mol. The number of aromatic amines is 1. The van der Waals surface area contributed by atoms with Gasteiger partial charge in [-0.15, -0.1) is 5.10 Å². The zero-order chi connectivity index (χ0) is 19.5. The fraction of sp³-hybridized carbons (Fsp3) is 0.150. The molecule has 142 valence electrons. The number of nitrogens with zero attached hydrogens (tertiary/aromatic N) is 2. The van der Waals surface area contributed by atoms with Crippen LogP contribution in [-0.2, 0) is 18.7 Å². The van der Waals surface area contributed by atoms with Gasteiger partial charge in [0.1, 0.15) is 5.58 Å². The maximum atomic E-state index is 12.1. The molecule has 2 aromatic carbocycles. The number of rotatable bonds is 6. The molecule has 6 nitrogen and oxygen atoms in total. The van der Waals surface area contributed by atoms with Gasteiger partial charge < -0.3 is 4.42 Å². The summed E-state index contributed by atoms with van der Waals surface area (Å²) in [5.41, 5.74) is 1.89. The highest BCUT2D eigenvalue weighted by atomic mass is 79.9. The van der Waals surface area contributed by atoms with Crippen LogP contribution in [-0.4, -0.2) is 14.8 Å². The van der Waals surface area contributed by atoms with E-state index in [1.54, 1.807) is 10.6 Å². The van der Waals surface area contributed by atoms with E-state index in [-0.39, 0.29) is 5.69 Å².